The lowest BCUT2D eigenvalue weighted by Crippen LogP contribution is -2.49. The first-order valence-corrected chi connectivity index (χ1v) is 8.71. The molecule has 0 saturated carbocycles. The Hall–Kier alpha value is -2.38. The standard InChI is InChI=1S/C17H27N5O3/c1-5-25-17(24)22-8-6-21(7-9-22)16-19-13(4)10-14(20-16)15(23)18-11-12(2)3/h10,12H,5-9,11H2,1-4H3,(H,18,23). The fourth-order valence-electron chi connectivity index (χ4n) is 2.50. The molecule has 0 unspecified atom stereocenters. The summed E-state index contributed by atoms with van der Waals surface area (Å²) in [6, 6.07) is 1.69. The highest BCUT2D eigenvalue weighted by molar-refractivity contribution is 5.92. The lowest BCUT2D eigenvalue weighted by Gasteiger charge is -2.34. The van der Waals surface area contributed by atoms with Gasteiger partial charge in [0.1, 0.15) is 5.69 Å². The SMILES string of the molecule is CCOC(=O)N1CCN(c2nc(C)cc(C(=O)NCC(C)C)n2)CC1. The third-order valence-electron chi connectivity index (χ3n) is 3.83. The third-order valence-corrected chi connectivity index (χ3v) is 3.83. The summed E-state index contributed by atoms with van der Waals surface area (Å²) in [6.45, 7) is 11.0. The summed E-state index contributed by atoms with van der Waals surface area (Å²) >= 11 is 0. The molecular formula is C17H27N5O3. The second-order valence-corrected chi connectivity index (χ2v) is 6.47. The zero-order valence-electron chi connectivity index (χ0n) is 15.4. The van der Waals surface area contributed by atoms with Gasteiger partial charge < -0.3 is 19.9 Å². The van der Waals surface area contributed by atoms with Crippen LogP contribution in [0.15, 0.2) is 6.07 Å². The molecule has 2 heterocycles. The first-order valence-electron chi connectivity index (χ1n) is 8.71. The molecule has 0 radical (unpaired) electrons. The van der Waals surface area contributed by atoms with Crippen molar-refractivity contribution < 1.29 is 14.3 Å². The third kappa shape index (κ3) is 5.30. The molecule has 0 aromatic carbocycles. The number of piperazine rings is 1. The molecule has 0 atom stereocenters. The van der Waals surface area contributed by atoms with E-state index in [-0.39, 0.29) is 12.0 Å². The minimum absolute atomic E-state index is 0.189. The van der Waals surface area contributed by atoms with Crippen molar-refractivity contribution in [2.24, 2.45) is 5.92 Å². The monoisotopic (exact) mass is 349 g/mol. The number of rotatable bonds is 5. The van der Waals surface area contributed by atoms with Crippen molar-refractivity contribution in [3.63, 3.8) is 0 Å². The molecule has 1 aliphatic heterocycles. The van der Waals surface area contributed by atoms with Gasteiger partial charge in [0.05, 0.1) is 6.61 Å². The Kier molecular flexibility index (Phi) is 6.55. The highest BCUT2D eigenvalue weighted by atomic mass is 16.6. The van der Waals surface area contributed by atoms with Crippen molar-refractivity contribution in [3.8, 4) is 0 Å². The highest BCUT2D eigenvalue weighted by Gasteiger charge is 2.24. The van der Waals surface area contributed by atoms with Gasteiger partial charge in [-0.25, -0.2) is 14.8 Å². The quantitative estimate of drug-likeness (QED) is 0.866. The number of hydrogen-bond donors (Lipinski definition) is 1. The molecule has 2 amide bonds. The Morgan fingerprint density at radius 1 is 1.24 bits per heavy atom. The van der Waals surface area contributed by atoms with Crippen molar-refractivity contribution in [3.05, 3.63) is 17.5 Å². The molecule has 1 N–H and O–H groups in total. The van der Waals surface area contributed by atoms with Gasteiger partial charge in [-0.3, -0.25) is 4.79 Å². The molecular weight excluding hydrogens is 322 g/mol. The minimum Gasteiger partial charge on any atom is -0.450 e. The minimum atomic E-state index is -0.291. The smallest absolute Gasteiger partial charge is 0.409 e. The van der Waals surface area contributed by atoms with Crippen molar-refractivity contribution in [2.75, 3.05) is 44.2 Å². The number of aryl methyl sites for hydroxylation is 1. The van der Waals surface area contributed by atoms with Gasteiger partial charge in [0.2, 0.25) is 5.95 Å². The summed E-state index contributed by atoms with van der Waals surface area (Å²) in [7, 11) is 0. The van der Waals surface area contributed by atoms with E-state index in [2.05, 4.69) is 15.3 Å². The van der Waals surface area contributed by atoms with Crippen LogP contribution in [-0.2, 0) is 4.74 Å². The lowest BCUT2D eigenvalue weighted by atomic mass is 10.2. The number of aromatic nitrogens is 2. The average molecular weight is 349 g/mol. The first kappa shape index (κ1) is 19.0. The molecule has 1 aromatic heterocycles. The van der Waals surface area contributed by atoms with Gasteiger partial charge in [-0.1, -0.05) is 13.8 Å². The van der Waals surface area contributed by atoms with Crippen molar-refractivity contribution in [2.45, 2.75) is 27.7 Å². The summed E-state index contributed by atoms with van der Waals surface area (Å²) in [6.07, 6.45) is -0.291. The molecule has 1 saturated heterocycles. The van der Waals surface area contributed by atoms with Crippen LogP contribution in [-0.4, -0.2) is 66.2 Å². The van der Waals surface area contributed by atoms with Gasteiger partial charge >= 0.3 is 6.09 Å². The zero-order chi connectivity index (χ0) is 18.4. The number of carbonyl (C=O) groups is 2. The summed E-state index contributed by atoms with van der Waals surface area (Å²) < 4.78 is 5.02. The van der Waals surface area contributed by atoms with Crippen LogP contribution in [0.5, 0.6) is 0 Å². The number of nitrogens with zero attached hydrogens (tertiary/aromatic N) is 4. The second kappa shape index (κ2) is 8.64. The van der Waals surface area contributed by atoms with Crippen LogP contribution >= 0.6 is 0 Å². The fraction of sp³-hybridized carbons (Fsp3) is 0.647. The normalized spacial score (nSPS) is 14.6. The number of anilines is 1. The van der Waals surface area contributed by atoms with Gasteiger partial charge in [-0.2, -0.15) is 0 Å². The molecule has 138 valence electrons. The largest absolute Gasteiger partial charge is 0.450 e. The van der Waals surface area contributed by atoms with E-state index in [1.807, 2.05) is 25.7 Å². The van der Waals surface area contributed by atoms with E-state index in [9.17, 15) is 9.59 Å². The molecule has 0 aliphatic carbocycles. The summed E-state index contributed by atoms with van der Waals surface area (Å²) in [5.74, 6) is 0.714. The highest BCUT2D eigenvalue weighted by Crippen LogP contribution is 2.14. The Morgan fingerprint density at radius 2 is 1.92 bits per heavy atom. The van der Waals surface area contributed by atoms with Gasteiger partial charge in [-0.05, 0) is 25.8 Å². The van der Waals surface area contributed by atoms with Gasteiger partial charge in [0.15, 0.2) is 0 Å². The summed E-state index contributed by atoms with van der Waals surface area (Å²) in [5.41, 5.74) is 1.11. The van der Waals surface area contributed by atoms with E-state index in [4.69, 9.17) is 4.74 Å². The molecule has 8 heteroatoms. The van der Waals surface area contributed by atoms with E-state index in [1.165, 1.54) is 0 Å². The second-order valence-electron chi connectivity index (χ2n) is 6.47. The van der Waals surface area contributed by atoms with E-state index in [0.717, 1.165) is 5.69 Å². The van der Waals surface area contributed by atoms with Crippen LogP contribution in [0.3, 0.4) is 0 Å². The van der Waals surface area contributed by atoms with E-state index in [0.29, 0.717) is 56.9 Å². The molecule has 8 nitrogen and oxygen atoms in total. The predicted octanol–water partition coefficient (Wildman–Crippen LogP) is 1.45. The Bertz CT molecular complexity index is 612. The molecule has 1 aromatic rings. The molecule has 2 rings (SSSR count). The zero-order valence-corrected chi connectivity index (χ0v) is 15.4. The topological polar surface area (TPSA) is 87.7 Å². The van der Waals surface area contributed by atoms with Crippen LogP contribution < -0.4 is 10.2 Å². The maximum Gasteiger partial charge on any atom is 0.409 e. The Labute approximate surface area is 148 Å². The molecule has 1 aliphatic rings. The van der Waals surface area contributed by atoms with Crippen LogP contribution in [0.2, 0.25) is 0 Å². The number of hydrogen-bond acceptors (Lipinski definition) is 6. The Morgan fingerprint density at radius 3 is 2.52 bits per heavy atom. The maximum atomic E-state index is 12.3. The van der Waals surface area contributed by atoms with Gasteiger partial charge in [0, 0.05) is 38.4 Å². The van der Waals surface area contributed by atoms with Crippen LogP contribution in [0, 0.1) is 12.8 Å². The van der Waals surface area contributed by atoms with Crippen LogP contribution in [0.25, 0.3) is 0 Å². The predicted molar refractivity (Wildman–Crippen MR) is 94.7 cm³/mol. The molecule has 0 spiro atoms. The molecule has 0 bridgehead atoms. The number of carbonyl (C=O) groups excluding carboxylic acids is 2. The van der Waals surface area contributed by atoms with E-state index in [1.54, 1.807) is 17.9 Å². The summed E-state index contributed by atoms with van der Waals surface area (Å²) in [5, 5.41) is 2.87. The number of ether oxygens (including phenoxy) is 1. The maximum absolute atomic E-state index is 12.3. The number of nitrogens with one attached hydrogen (secondary N) is 1. The Balaban J connectivity index is 2.03. The average Bonchev–Trinajstić information content (AvgIpc) is 2.59. The van der Waals surface area contributed by atoms with E-state index < -0.39 is 0 Å². The summed E-state index contributed by atoms with van der Waals surface area (Å²) in [4.78, 5) is 36.5. The van der Waals surface area contributed by atoms with Gasteiger partial charge in [-0.15, -0.1) is 0 Å². The molecule has 1 fully saturated rings. The van der Waals surface area contributed by atoms with Crippen molar-refractivity contribution in [1.82, 2.24) is 20.2 Å². The first-order chi connectivity index (χ1) is 11.9. The molecule has 25 heavy (non-hydrogen) atoms. The van der Waals surface area contributed by atoms with Gasteiger partial charge in [0.25, 0.3) is 5.91 Å². The van der Waals surface area contributed by atoms with Crippen LogP contribution in [0.1, 0.15) is 37.0 Å². The number of amides is 2. The van der Waals surface area contributed by atoms with Crippen LogP contribution in [0.4, 0.5) is 10.7 Å². The van der Waals surface area contributed by atoms with Crippen molar-refractivity contribution in [1.29, 1.82) is 0 Å². The van der Waals surface area contributed by atoms with E-state index >= 15 is 0 Å². The lowest BCUT2D eigenvalue weighted by molar-refractivity contribution is 0.0943. The van der Waals surface area contributed by atoms with Crippen molar-refractivity contribution >= 4 is 17.9 Å². The fourth-order valence-corrected chi connectivity index (χ4v) is 2.50.